The van der Waals surface area contributed by atoms with E-state index >= 15 is 0 Å². The van der Waals surface area contributed by atoms with Gasteiger partial charge in [0.1, 0.15) is 0 Å². The standard InChI is InChI=1S/C14H16N2O2/c17-13(9-6-11-4-2-1-3-5-11)15-10-14(18)16-12-7-8-12/h1-6,9,12H,7-8,10H2,(H,15,17)(H,16,18)/b9-6+. The Hall–Kier alpha value is -2.10. The quantitative estimate of drug-likeness (QED) is 0.762. The third-order valence-electron chi connectivity index (χ3n) is 2.59. The average Bonchev–Trinajstić information content (AvgIpc) is 3.19. The molecule has 1 aliphatic carbocycles. The summed E-state index contributed by atoms with van der Waals surface area (Å²) < 4.78 is 0. The van der Waals surface area contributed by atoms with Gasteiger partial charge in [0.05, 0.1) is 6.54 Å². The van der Waals surface area contributed by atoms with Crippen molar-refractivity contribution in [1.82, 2.24) is 10.6 Å². The minimum atomic E-state index is -0.259. The zero-order valence-corrected chi connectivity index (χ0v) is 10.1. The number of carbonyl (C=O) groups is 2. The van der Waals surface area contributed by atoms with Crippen molar-refractivity contribution in [2.24, 2.45) is 0 Å². The summed E-state index contributed by atoms with van der Waals surface area (Å²) in [6, 6.07) is 9.86. The van der Waals surface area contributed by atoms with Crippen LogP contribution in [0.4, 0.5) is 0 Å². The van der Waals surface area contributed by atoms with Crippen LogP contribution in [0.1, 0.15) is 18.4 Å². The second-order valence-corrected chi connectivity index (χ2v) is 4.30. The van der Waals surface area contributed by atoms with Crippen molar-refractivity contribution in [2.45, 2.75) is 18.9 Å². The number of nitrogens with one attached hydrogen (secondary N) is 2. The van der Waals surface area contributed by atoms with Crippen molar-refractivity contribution in [3.8, 4) is 0 Å². The van der Waals surface area contributed by atoms with Crippen LogP contribution in [0.2, 0.25) is 0 Å². The Balaban J connectivity index is 1.71. The van der Waals surface area contributed by atoms with Crippen LogP contribution >= 0.6 is 0 Å². The highest BCUT2D eigenvalue weighted by atomic mass is 16.2. The lowest BCUT2D eigenvalue weighted by Crippen LogP contribution is -2.37. The minimum Gasteiger partial charge on any atom is -0.352 e. The summed E-state index contributed by atoms with van der Waals surface area (Å²) in [7, 11) is 0. The number of rotatable bonds is 5. The lowest BCUT2D eigenvalue weighted by molar-refractivity contribution is -0.124. The molecule has 0 spiro atoms. The van der Waals surface area contributed by atoms with Crippen LogP contribution in [-0.4, -0.2) is 24.4 Å². The van der Waals surface area contributed by atoms with Gasteiger partial charge in [-0.1, -0.05) is 30.3 Å². The van der Waals surface area contributed by atoms with Gasteiger partial charge in [-0.15, -0.1) is 0 Å². The molecular weight excluding hydrogens is 228 g/mol. The van der Waals surface area contributed by atoms with Crippen molar-refractivity contribution >= 4 is 17.9 Å². The Bertz CT molecular complexity index is 450. The first-order chi connectivity index (χ1) is 8.74. The molecule has 0 saturated heterocycles. The summed E-state index contributed by atoms with van der Waals surface area (Å²) in [5.41, 5.74) is 0.954. The molecule has 4 nitrogen and oxygen atoms in total. The van der Waals surface area contributed by atoms with Gasteiger partial charge in [0, 0.05) is 12.1 Å². The zero-order valence-electron chi connectivity index (χ0n) is 10.1. The number of amides is 2. The molecule has 0 bridgehead atoms. The first kappa shape index (κ1) is 12.4. The van der Waals surface area contributed by atoms with E-state index in [0.717, 1.165) is 18.4 Å². The molecule has 2 N–H and O–H groups in total. The lowest BCUT2D eigenvalue weighted by atomic mass is 10.2. The maximum Gasteiger partial charge on any atom is 0.244 e. The Morgan fingerprint density at radius 1 is 1.22 bits per heavy atom. The Kier molecular flexibility index (Phi) is 4.12. The lowest BCUT2D eigenvalue weighted by Gasteiger charge is -2.03. The van der Waals surface area contributed by atoms with Crippen LogP contribution < -0.4 is 10.6 Å². The van der Waals surface area contributed by atoms with Gasteiger partial charge >= 0.3 is 0 Å². The van der Waals surface area contributed by atoms with Crippen LogP contribution in [0.25, 0.3) is 6.08 Å². The van der Waals surface area contributed by atoms with Gasteiger partial charge in [0.25, 0.3) is 0 Å². The van der Waals surface area contributed by atoms with Crippen LogP contribution in [0, 0.1) is 0 Å². The first-order valence-corrected chi connectivity index (χ1v) is 6.04. The fraction of sp³-hybridized carbons (Fsp3) is 0.286. The molecule has 0 radical (unpaired) electrons. The predicted octanol–water partition coefficient (Wildman–Crippen LogP) is 1.09. The molecule has 94 valence electrons. The van der Waals surface area contributed by atoms with Crippen molar-refractivity contribution in [1.29, 1.82) is 0 Å². The normalized spacial score (nSPS) is 14.4. The maximum absolute atomic E-state index is 11.4. The van der Waals surface area contributed by atoms with Crippen molar-refractivity contribution in [3.63, 3.8) is 0 Å². The molecule has 0 aliphatic heterocycles. The van der Waals surface area contributed by atoms with E-state index in [1.165, 1.54) is 6.08 Å². The van der Waals surface area contributed by atoms with Crippen LogP contribution in [0.15, 0.2) is 36.4 Å². The maximum atomic E-state index is 11.4. The predicted molar refractivity (Wildman–Crippen MR) is 69.7 cm³/mol. The van der Waals surface area contributed by atoms with Crippen LogP contribution in [0.5, 0.6) is 0 Å². The van der Waals surface area contributed by atoms with E-state index < -0.39 is 0 Å². The van der Waals surface area contributed by atoms with E-state index in [1.807, 2.05) is 30.3 Å². The zero-order chi connectivity index (χ0) is 12.8. The average molecular weight is 244 g/mol. The second-order valence-electron chi connectivity index (χ2n) is 4.30. The fourth-order valence-electron chi connectivity index (χ4n) is 1.47. The molecule has 0 heterocycles. The third-order valence-corrected chi connectivity index (χ3v) is 2.59. The summed E-state index contributed by atoms with van der Waals surface area (Å²) in [6.07, 6.45) is 5.25. The van der Waals surface area contributed by atoms with Gasteiger partial charge in [-0.3, -0.25) is 9.59 Å². The third kappa shape index (κ3) is 4.41. The Morgan fingerprint density at radius 3 is 2.61 bits per heavy atom. The molecule has 0 aromatic heterocycles. The summed E-state index contributed by atoms with van der Waals surface area (Å²) in [5, 5.41) is 5.35. The molecule has 0 atom stereocenters. The van der Waals surface area contributed by atoms with Gasteiger partial charge in [0.2, 0.25) is 11.8 Å². The monoisotopic (exact) mass is 244 g/mol. The Morgan fingerprint density at radius 2 is 1.94 bits per heavy atom. The molecule has 0 unspecified atom stereocenters. The van der Waals surface area contributed by atoms with Gasteiger partial charge in [0.15, 0.2) is 0 Å². The highest BCUT2D eigenvalue weighted by molar-refractivity contribution is 5.94. The van der Waals surface area contributed by atoms with Crippen molar-refractivity contribution in [3.05, 3.63) is 42.0 Å². The molecule has 1 fully saturated rings. The van der Waals surface area contributed by atoms with Crippen molar-refractivity contribution in [2.75, 3.05) is 6.54 Å². The largest absolute Gasteiger partial charge is 0.352 e. The van der Waals surface area contributed by atoms with Gasteiger partial charge in [-0.05, 0) is 24.5 Å². The summed E-state index contributed by atoms with van der Waals surface area (Å²) in [5.74, 6) is -0.385. The van der Waals surface area contributed by atoms with E-state index in [1.54, 1.807) is 6.08 Å². The minimum absolute atomic E-state index is 0.0362. The SMILES string of the molecule is O=C(/C=C/c1ccccc1)NCC(=O)NC1CC1. The molecule has 1 aliphatic rings. The molecular formula is C14H16N2O2. The van der Waals surface area contributed by atoms with E-state index in [9.17, 15) is 9.59 Å². The van der Waals surface area contributed by atoms with Gasteiger partial charge in [-0.25, -0.2) is 0 Å². The van der Waals surface area contributed by atoms with E-state index in [0.29, 0.717) is 6.04 Å². The van der Waals surface area contributed by atoms with E-state index in [2.05, 4.69) is 10.6 Å². The summed E-state index contributed by atoms with van der Waals surface area (Å²) in [4.78, 5) is 22.8. The summed E-state index contributed by atoms with van der Waals surface area (Å²) in [6.45, 7) is 0.0362. The topological polar surface area (TPSA) is 58.2 Å². The second kappa shape index (κ2) is 6.00. The molecule has 2 rings (SSSR count). The van der Waals surface area contributed by atoms with Crippen LogP contribution in [0.3, 0.4) is 0 Å². The molecule has 1 aromatic carbocycles. The molecule has 1 aromatic rings. The van der Waals surface area contributed by atoms with Crippen LogP contribution in [-0.2, 0) is 9.59 Å². The first-order valence-electron chi connectivity index (χ1n) is 6.04. The molecule has 1 saturated carbocycles. The molecule has 18 heavy (non-hydrogen) atoms. The number of hydrogen-bond acceptors (Lipinski definition) is 2. The Labute approximate surface area is 106 Å². The van der Waals surface area contributed by atoms with Gasteiger partial charge in [-0.2, -0.15) is 0 Å². The number of hydrogen-bond donors (Lipinski definition) is 2. The van der Waals surface area contributed by atoms with Crippen molar-refractivity contribution < 1.29 is 9.59 Å². The van der Waals surface area contributed by atoms with Gasteiger partial charge < -0.3 is 10.6 Å². The molecule has 4 heteroatoms. The fourth-order valence-corrected chi connectivity index (χ4v) is 1.47. The van der Waals surface area contributed by atoms with E-state index in [4.69, 9.17) is 0 Å². The van der Waals surface area contributed by atoms with E-state index in [-0.39, 0.29) is 18.4 Å². The smallest absolute Gasteiger partial charge is 0.244 e. The highest BCUT2D eigenvalue weighted by Gasteiger charge is 2.22. The number of carbonyl (C=O) groups excluding carboxylic acids is 2. The molecule has 2 amide bonds. The number of benzene rings is 1. The summed E-state index contributed by atoms with van der Waals surface area (Å²) >= 11 is 0. The highest BCUT2D eigenvalue weighted by Crippen LogP contribution is 2.18.